The minimum Gasteiger partial charge on any atom is -0.355 e. The number of halogens is 1. The van der Waals surface area contributed by atoms with Gasteiger partial charge in [-0.2, -0.15) is 10.2 Å². The van der Waals surface area contributed by atoms with Crippen LogP contribution in [0.3, 0.4) is 0 Å². The number of aromatic nitrogens is 4. The van der Waals surface area contributed by atoms with E-state index in [1.165, 1.54) is 6.07 Å². The zero-order valence-electron chi connectivity index (χ0n) is 14.1. The zero-order valence-corrected chi connectivity index (χ0v) is 14.1. The highest BCUT2D eigenvalue weighted by Crippen LogP contribution is 2.34. The van der Waals surface area contributed by atoms with Crippen LogP contribution in [-0.2, 0) is 0 Å². The standard InChI is InChI=1S/C19H20FN5/c1-13-5-6-18(23-22-13)25-9-7-14(8-10-25)19-17(12-21-24-19)15-3-2-4-16(20)11-15/h2-6,11-12,14H,7-10H2,1H3,(H,21,24). The molecule has 0 bridgehead atoms. The van der Waals surface area contributed by atoms with Crippen molar-refractivity contribution < 1.29 is 4.39 Å². The minimum atomic E-state index is -0.225. The Kier molecular flexibility index (Phi) is 4.17. The monoisotopic (exact) mass is 337 g/mol. The van der Waals surface area contributed by atoms with E-state index in [0.717, 1.165) is 54.3 Å². The lowest BCUT2D eigenvalue weighted by atomic mass is 9.89. The van der Waals surface area contributed by atoms with Gasteiger partial charge >= 0.3 is 0 Å². The van der Waals surface area contributed by atoms with Crippen LogP contribution in [0, 0.1) is 12.7 Å². The number of aryl methyl sites for hydroxylation is 1. The molecule has 0 spiro atoms. The van der Waals surface area contributed by atoms with Crippen molar-refractivity contribution in [3.05, 3.63) is 59.8 Å². The van der Waals surface area contributed by atoms with Crippen molar-refractivity contribution in [2.45, 2.75) is 25.7 Å². The second-order valence-electron chi connectivity index (χ2n) is 6.50. The summed E-state index contributed by atoms with van der Waals surface area (Å²) in [5.74, 6) is 1.09. The number of anilines is 1. The second kappa shape index (κ2) is 6.63. The molecule has 2 aromatic heterocycles. The topological polar surface area (TPSA) is 57.7 Å². The van der Waals surface area contributed by atoms with Gasteiger partial charge in [0.1, 0.15) is 5.82 Å². The van der Waals surface area contributed by atoms with E-state index in [2.05, 4.69) is 25.3 Å². The molecule has 25 heavy (non-hydrogen) atoms. The van der Waals surface area contributed by atoms with Gasteiger partial charge in [0.25, 0.3) is 0 Å². The maximum Gasteiger partial charge on any atom is 0.151 e. The Morgan fingerprint density at radius 3 is 2.68 bits per heavy atom. The van der Waals surface area contributed by atoms with Crippen molar-refractivity contribution in [2.75, 3.05) is 18.0 Å². The minimum absolute atomic E-state index is 0.225. The highest BCUT2D eigenvalue weighted by atomic mass is 19.1. The van der Waals surface area contributed by atoms with Gasteiger partial charge in [-0.05, 0) is 49.6 Å². The molecule has 0 saturated carbocycles. The normalized spacial score (nSPS) is 15.5. The van der Waals surface area contributed by atoms with E-state index in [-0.39, 0.29) is 5.82 Å². The van der Waals surface area contributed by atoms with Crippen LogP contribution in [0.5, 0.6) is 0 Å². The van der Waals surface area contributed by atoms with Gasteiger partial charge in [-0.15, -0.1) is 5.10 Å². The van der Waals surface area contributed by atoms with Gasteiger partial charge in [0.05, 0.1) is 11.9 Å². The summed E-state index contributed by atoms with van der Waals surface area (Å²) in [6.45, 7) is 3.78. The van der Waals surface area contributed by atoms with Crippen molar-refractivity contribution in [3.8, 4) is 11.1 Å². The molecule has 4 rings (SSSR count). The maximum atomic E-state index is 13.6. The van der Waals surface area contributed by atoms with E-state index >= 15 is 0 Å². The predicted molar refractivity (Wildman–Crippen MR) is 94.9 cm³/mol. The molecule has 3 aromatic rings. The Morgan fingerprint density at radius 1 is 1.12 bits per heavy atom. The molecule has 1 N–H and O–H groups in total. The number of hydrogen-bond acceptors (Lipinski definition) is 4. The van der Waals surface area contributed by atoms with Crippen LogP contribution >= 0.6 is 0 Å². The Labute approximate surface area is 145 Å². The first-order valence-electron chi connectivity index (χ1n) is 8.55. The average molecular weight is 337 g/mol. The van der Waals surface area contributed by atoms with Gasteiger partial charge in [-0.25, -0.2) is 4.39 Å². The fraction of sp³-hybridized carbons (Fsp3) is 0.316. The number of nitrogens with zero attached hydrogens (tertiary/aromatic N) is 4. The Hall–Kier alpha value is -2.76. The molecule has 5 nitrogen and oxygen atoms in total. The number of benzene rings is 1. The summed E-state index contributed by atoms with van der Waals surface area (Å²) in [7, 11) is 0. The van der Waals surface area contributed by atoms with Crippen LogP contribution in [0.1, 0.15) is 30.1 Å². The summed E-state index contributed by atoms with van der Waals surface area (Å²) < 4.78 is 13.6. The van der Waals surface area contributed by atoms with Crippen molar-refractivity contribution in [2.24, 2.45) is 0 Å². The number of H-pyrrole nitrogens is 1. The molecule has 3 heterocycles. The molecule has 0 aliphatic carbocycles. The molecule has 1 saturated heterocycles. The quantitative estimate of drug-likeness (QED) is 0.792. The third-order valence-corrected chi connectivity index (χ3v) is 4.82. The molecule has 128 valence electrons. The highest BCUT2D eigenvalue weighted by molar-refractivity contribution is 5.66. The van der Waals surface area contributed by atoms with Crippen LogP contribution < -0.4 is 4.90 Å². The third kappa shape index (κ3) is 3.24. The summed E-state index contributed by atoms with van der Waals surface area (Å²) in [6, 6.07) is 10.7. The summed E-state index contributed by atoms with van der Waals surface area (Å²) >= 11 is 0. The summed E-state index contributed by atoms with van der Waals surface area (Å²) in [5, 5.41) is 15.8. The summed E-state index contributed by atoms with van der Waals surface area (Å²) in [4.78, 5) is 2.27. The first kappa shape index (κ1) is 15.7. The molecule has 1 fully saturated rings. The average Bonchev–Trinajstić information content (AvgIpc) is 3.12. The number of aromatic amines is 1. The molecule has 0 radical (unpaired) electrons. The second-order valence-corrected chi connectivity index (χ2v) is 6.50. The van der Waals surface area contributed by atoms with Crippen molar-refractivity contribution >= 4 is 5.82 Å². The number of rotatable bonds is 3. The largest absolute Gasteiger partial charge is 0.355 e. The van der Waals surface area contributed by atoms with Crippen molar-refractivity contribution in [3.63, 3.8) is 0 Å². The lowest BCUT2D eigenvalue weighted by molar-refractivity contribution is 0.492. The van der Waals surface area contributed by atoms with Gasteiger partial charge in [-0.3, -0.25) is 5.10 Å². The smallest absolute Gasteiger partial charge is 0.151 e. The summed E-state index contributed by atoms with van der Waals surface area (Å²) in [5.41, 5.74) is 3.89. The fourth-order valence-corrected chi connectivity index (χ4v) is 3.45. The lowest BCUT2D eigenvalue weighted by Crippen LogP contribution is -2.33. The number of piperidine rings is 1. The zero-order chi connectivity index (χ0) is 17.2. The van der Waals surface area contributed by atoms with E-state index in [4.69, 9.17) is 0 Å². The number of hydrogen-bond donors (Lipinski definition) is 1. The van der Waals surface area contributed by atoms with Crippen LogP contribution in [0.15, 0.2) is 42.6 Å². The number of nitrogens with one attached hydrogen (secondary N) is 1. The van der Waals surface area contributed by atoms with Crippen LogP contribution in [-0.4, -0.2) is 33.5 Å². The first-order chi connectivity index (χ1) is 12.2. The Bertz CT molecular complexity index is 850. The van der Waals surface area contributed by atoms with Crippen molar-refractivity contribution in [1.29, 1.82) is 0 Å². The van der Waals surface area contributed by atoms with Gasteiger partial charge in [0.15, 0.2) is 5.82 Å². The SMILES string of the molecule is Cc1ccc(N2CCC(c3[nH]ncc3-c3cccc(F)c3)CC2)nn1. The Balaban J connectivity index is 1.50. The van der Waals surface area contributed by atoms with E-state index in [1.807, 2.05) is 25.1 Å². The maximum absolute atomic E-state index is 13.6. The molecule has 0 amide bonds. The van der Waals surface area contributed by atoms with E-state index < -0.39 is 0 Å². The fourth-order valence-electron chi connectivity index (χ4n) is 3.45. The van der Waals surface area contributed by atoms with Crippen molar-refractivity contribution in [1.82, 2.24) is 20.4 Å². The van der Waals surface area contributed by atoms with Gasteiger partial charge in [0.2, 0.25) is 0 Å². The molecular formula is C19H20FN5. The van der Waals surface area contributed by atoms with Crippen LogP contribution in [0.2, 0.25) is 0 Å². The van der Waals surface area contributed by atoms with E-state index in [0.29, 0.717) is 5.92 Å². The molecule has 1 aromatic carbocycles. The molecule has 0 atom stereocenters. The van der Waals surface area contributed by atoms with E-state index in [9.17, 15) is 4.39 Å². The summed E-state index contributed by atoms with van der Waals surface area (Å²) in [6.07, 6.45) is 3.79. The highest BCUT2D eigenvalue weighted by Gasteiger charge is 2.25. The Morgan fingerprint density at radius 2 is 1.96 bits per heavy atom. The van der Waals surface area contributed by atoms with Crippen LogP contribution in [0.25, 0.3) is 11.1 Å². The molecule has 1 aliphatic rings. The molecule has 6 heteroatoms. The third-order valence-electron chi connectivity index (χ3n) is 4.82. The van der Waals surface area contributed by atoms with E-state index in [1.54, 1.807) is 18.3 Å². The van der Waals surface area contributed by atoms with Gasteiger partial charge < -0.3 is 4.90 Å². The van der Waals surface area contributed by atoms with Gasteiger partial charge in [0, 0.05) is 30.3 Å². The molecule has 0 unspecified atom stereocenters. The molecule has 1 aliphatic heterocycles. The lowest BCUT2D eigenvalue weighted by Gasteiger charge is -2.32. The van der Waals surface area contributed by atoms with Crippen LogP contribution in [0.4, 0.5) is 10.2 Å². The predicted octanol–water partition coefficient (Wildman–Crippen LogP) is 3.70. The molecular weight excluding hydrogens is 317 g/mol. The first-order valence-corrected chi connectivity index (χ1v) is 8.55. The van der Waals surface area contributed by atoms with Gasteiger partial charge in [-0.1, -0.05) is 12.1 Å².